The van der Waals surface area contributed by atoms with Gasteiger partial charge in [0.25, 0.3) is 0 Å². The van der Waals surface area contributed by atoms with Crippen molar-refractivity contribution in [3.63, 3.8) is 0 Å². The molecule has 0 bridgehead atoms. The van der Waals surface area contributed by atoms with Crippen LogP contribution in [0.3, 0.4) is 0 Å². The molecule has 0 aliphatic carbocycles. The smallest absolute Gasteiger partial charge is 0.120 e. The second-order valence-electron chi connectivity index (χ2n) is 4.08. The van der Waals surface area contributed by atoms with Gasteiger partial charge in [0, 0.05) is 6.04 Å². The molecule has 1 aromatic carbocycles. The summed E-state index contributed by atoms with van der Waals surface area (Å²) in [6.45, 7) is 6.24. The molecule has 0 radical (unpaired) electrons. The van der Waals surface area contributed by atoms with Crippen LogP contribution in [0.5, 0.6) is 5.75 Å². The highest BCUT2D eigenvalue weighted by molar-refractivity contribution is 5.30. The molecule has 0 aliphatic rings. The summed E-state index contributed by atoms with van der Waals surface area (Å²) in [5.74, 6) is 0.922. The standard InChI is InChI=1S/C13H21NO/c1-4-6-10(2)15-13-8-5-7-12(9-13)11(3)14/h5,7-11H,4,6,14H2,1-3H3. The number of rotatable bonds is 5. The van der Waals surface area contributed by atoms with Crippen molar-refractivity contribution in [1.82, 2.24) is 0 Å². The van der Waals surface area contributed by atoms with Crippen LogP contribution >= 0.6 is 0 Å². The Balaban J connectivity index is 2.65. The van der Waals surface area contributed by atoms with Gasteiger partial charge in [-0.2, -0.15) is 0 Å². The van der Waals surface area contributed by atoms with Gasteiger partial charge >= 0.3 is 0 Å². The maximum Gasteiger partial charge on any atom is 0.120 e. The van der Waals surface area contributed by atoms with Crippen LogP contribution in [0.4, 0.5) is 0 Å². The Bertz CT molecular complexity index is 296. The SMILES string of the molecule is CCCC(C)Oc1cccc(C(C)N)c1. The maximum absolute atomic E-state index is 5.82. The molecule has 0 amide bonds. The zero-order valence-electron chi connectivity index (χ0n) is 9.86. The molecule has 0 fully saturated rings. The molecule has 2 nitrogen and oxygen atoms in total. The third kappa shape index (κ3) is 3.92. The Morgan fingerprint density at radius 1 is 1.33 bits per heavy atom. The van der Waals surface area contributed by atoms with Crippen LogP contribution in [0.1, 0.15) is 45.2 Å². The molecule has 2 N–H and O–H groups in total. The molecule has 1 rings (SSSR count). The number of nitrogens with two attached hydrogens (primary N) is 1. The predicted octanol–water partition coefficient (Wildman–Crippen LogP) is 3.27. The molecular weight excluding hydrogens is 186 g/mol. The van der Waals surface area contributed by atoms with E-state index in [0.717, 1.165) is 24.2 Å². The molecule has 0 heterocycles. The van der Waals surface area contributed by atoms with Crippen molar-refractivity contribution < 1.29 is 4.74 Å². The molecule has 0 aromatic heterocycles. The van der Waals surface area contributed by atoms with Crippen LogP contribution in [0.15, 0.2) is 24.3 Å². The lowest BCUT2D eigenvalue weighted by atomic mass is 10.1. The molecule has 0 saturated carbocycles. The average molecular weight is 207 g/mol. The topological polar surface area (TPSA) is 35.2 Å². The first-order valence-corrected chi connectivity index (χ1v) is 5.65. The van der Waals surface area contributed by atoms with Gasteiger partial charge in [-0.15, -0.1) is 0 Å². The summed E-state index contributed by atoms with van der Waals surface area (Å²) in [5.41, 5.74) is 6.94. The number of hydrogen-bond donors (Lipinski definition) is 1. The summed E-state index contributed by atoms with van der Waals surface area (Å²) in [4.78, 5) is 0. The molecule has 1 aromatic rings. The molecule has 2 heteroatoms. The Labute approximate surface area is 92.4 Å². The number of hydrogen-bond acceptors (Lipinski definition) is 2. The Morgan fingerprint density at radius 2 is 2.07 bits per heavy atom. The zero-order chi connectivity index (χ0) is 11.3. The third-order valence-electron chi connectivity index (χ3n) is 2.42. The second kappa shape index (κ2) is 5.76. The highest BCUT2D eigenvalue weighted by Crippen LogP contribution is 2.19. The van der Waals surface area contributed by atoms with Crippen molar-refractivity contribution in [2.75, 3.05) is 0 Å². The lowest BCUT2D eigenvalue weighted by Crippen LogP contribution is -2.11. The van der Waals surface area contributed by atoms with Gasteiger partial charge in [-0.3, -0.25) is 0 Å². The Kier molecular flexibility index (Phi) is 4.63. The molecule has 15 heavy (non-hydrogen) atoms. The molecule has 0 aliphatic heterocycles. The molecule has 2 unspecified atom stereocenters. The van der Waals surface area contributed by atoms with Crippen LogP contribution in [0.2, 0.25) is 0 Å². The predicted molar refractivity (Wildman–Crippen MR) is 64.0 cm³/mol. The summed E-state index contributed by atoms with van der Waals surface area (Å²) in [7, 11) is 0. The van der Waals surface area contributed by atoms with E-state index in [0.29, 0.717) is 0 Å². The second-order valence-corrected chi connectivity index (χ2v) is 4.08. The van der Waals surface area contributed by atoms with E-state index in [1.807, 2.05) is 31.2 Å². The van der Waals surface area contributed by atoms with Crippen LogP contribution in [-0.2, 0) is 0 Å². The van der Waals surface area contributed by atoms with E-state index >= 15 is 0 Å². The lowest BCUT2D eigenvalue weighted by Gasteiger charge is -2.15. The highest BCUT2D eigenvalue weighted by atomic mass is 16.5. The highest BCUT2D eigenvalue weighted by Gasteiger charge is 2.04. The van der Waals surface area contributed by atoms with Crippen molar-refractivity contribution in [3.8, 4) is 5.75 Å². The Hall–Kier alpha value is -1.02. The van der Waals surface area contributed by atoms with Crippen molar-refractivity contribution in [3.05, 3.63) is 29.8 Å². The summed E-state index contributed by atoms with van der Waals surface area (Å²) in [6.07, 6.45) is 2.51. The fourth-order valence-electron chi connectivity index (χ4n) is 1.57. The Morgan fingerprint density at radius 3 is 2.67 bits per heavy atom. The largest absolute Gasteiger partial charge is 0.491 e. The van der Waals surface area contributed by atoms with E-state index in [1.54, 1.807) is 0 Å². The van der Waals surface area contributed by atoms with Gasteiger partial charge < -0.3 is 10.5 Å². The van der Waals surface area contributed by atoms with Crippen LogP contribution < -0.4 is 10.5 Å². The number of ether oxygens (including phenoxy) is 1. The van der Waals surface area contributed by atoms with Crippen molar-refractivity contribution in [2.45, 2.75) is 45.8 Å². The summed E-state index contributed by atoms with van der Waals surface area (Å²) in [5, 5.41) is 0. The molecule has 2 atom stereocenters. The van der Waals surface area contributed by atoms with Gasteiger partial charge in [-0.05, 0) is 38.0 Å². The molecular formula is C13H21NO. The van der Waals surface area contributed by atoms with E-state index in [-0.39, 0.29) is 12.1 Å². The van der Waals surface area contributed by atoms with E-state index in [1.165, 1.54) is 0 Å². The minimum atomic E-state index is 0.0648. The van der Waals surface area contributed by atoms with E-state index in [9.17, 15) is 0 Å². The first-order chi connectivity index (χ1) is 7.13. The molecule has 84 valence electrons. The van der Waals surface area contributed by atoms with E-state index < -0.39 is 0 Å². The lowest BCUT2D eigenvalue weighted by molar-refractivity contribution is 0.209. The third-order valence-corrected chi connectivity index (χ3v) is 2.42. The van der Waals surface area contributed by atoms with E-state index in [4.69, 9.17) is 10.5 Å². The monoisotopic (exact) mass is 207 g/mol. The normalized spacial score (nSPS) is 14.7. The van der Waals surface area contributed by atoms with Crippen molar-refractivity contribution in [2.24, 2.45) is 5.73 Å². The minimum Gasteiger partial charge on any atom is -0.491 e. The van der Waals surface area contributed by atoms with Crippen molar-refractivity contribution in [1.29, 1.82) is 0 Å². The van der Waals surface area contributed by atoms with Gasteiger partial charge in [0.15, 0.2) is 0 Å². The van der Waals surface area contributed by atoms with Crippen LogP contribution in [0, 0.1) is 0 Å². The average Bonchev–Trinajstić information content (AvgIpc) is 2.18. The fourth-order valence-corrected chi connectivity index (χ4v) is 1.57. The summed E-state index contributed by atoms with van der Waals surface area (Å²) < 4.78 is 5.79. The van der Waals surface area contributed by atoms with Gasteiger partial charge in [0.05, 0.1) is 6.10 Å². The molecule has 0 spiro atoms. The summed E-state index contributed by atoms with van der Waals surface area (Å²) in [6, 6.07) is 8.10. The van der Waals surface area contributed by atoms with Gasteiger partial charge in [-0.1, -0.05) is 25.5 Å². The minimum absolute atomic E-state index is 0.0648. The van der Waals surface area contributed by atoms with E-state index in [2.05, 4.69) is 13.8 Å². The van der Waals surface area contributed by atoms with Gasteiger partial charge in [-0.25, -0.2) is 0 Å². The number of benzene rings is 1. The maximum atomic E-state index is 5.82. The fraction of sp³-hybridized carbons (Fsp3) is 0.538. The van der Waals surface area contributed by atoms with Gasteiger partial charge in [0.1, 0.15) is 5.75 Å². The molecule has 0 saturated heterocycles. The van der Waals surface area contributed by atoms with Gasteiger partial charge in [0.2, 0.25) is 0 Å². The zero-order valence-corrected chi connectivity index (χ0v) is 9.86. The van der Waals surface area contributed by atoms with Crippen LogP contribution in [0.25, 0.3) is 0 Å². The quantitative estimate of drug-likeness (QED) is 0.804. The first-order valence-electron chi connectivity index (χ1n) is 5.65. The van der Waals surface area contributed by atoms with Crippen molar-refractivity contribution >= 4 is 0 Å². The summed E-state index contributed by atoms with van der Waals surface area (Å²) >= 11 is 0. The van der Waals surface area contributed by atoms with Crippen LogP contribution in [-0.4, -0.2) is 6.10 Å². The first kappa shape index (κ1) is 12.1.